The molecule has 3 aromatic carbocycles. The van der Waals surface area contributed by atoms with E-state index >= 15 is 0 Å². The molecule has 10 heteroatoms. The number of nitrogens with zero attached hydrogens (tertiary/aromatic N) is 3. The van der Waals surface area contributed by atoms with Crippen LogP contribution in [0, 0.1) is 5.82 Å². The molecular formula is C28H25Br3FN3O3. The molecule has 198 valence electrons. The van der Waals surface area contributed by atoms with Gasteiger partial charge in [-0.2, -0.15) is 9.78 Å². The lowest BCUT2D eigenvalue weighted by molar-refractivity contribution is 0.264. The number of benzene rings is 3. The van der Waals surface area contributed by atoms with E-state index in [4.69, 9.17) is 14.5 Å². The number of rotatable bonds is 9. The van der Waals surface area contributed by atoms with E-state index in [1.54, 1.807) is 36.5 Å². The van der Waals surface area contributed by atoms with Gasteiger partial charge in [0.2, 0.25) is 0 Å². The smallest absolute Gasteiger partial charge is 0.282 e. The molecule has 0 aliphatic rings. The lowest BCUT2D eigenvalue weighted by Crippen LogP contribution is -2.23. The Balaban J connectivity index is 1.77. The predicted octanol–water partition coefficient (Wildman–Crippen LogP) is 8.20. The molecule has 0 saturated heterocycles. The van der Waals surface area contributed by atoms with E-state index in [1.807, 2.05) is 32.9 Å². The largest absolute Gasteiger partial charge is 0.490 e. The highest BCUT2D eigenvalue weighted by Crippen LogP contribution is 2.43. The number of ether oxygens (including phenoxy) is 2. The van der Waals surface area contributed by atoms with Crippen molar-refractivity contribution in [3.63, 3.8) is 0 Å². The van der Waals surface area contributed by atoms with Crippen molar-refractivity contribution < 1.29 is 13.9 Å². The van der Waals surface area contributed by atoms with Crippen LogP contribution < -0.4 is 15.0 Å². The minimum atomic E-state index is -0.344. The highest BCUT2D eigenvalue weighted by atomic mass is 79.9. The van der Waals surface area contributed by atoms with Crippen molar-refractivity contribution in [3.05, 3.63) is 95.1 Å². The van der Waals surface area contributed by atoms with Gasteiger partial charge in [-0.05, 0) is 75.5 Å². The Kier molecular flexibility index (Phi) is 9.38. The molecule has 4 rings (SSSR count). The maximum absolute atomic E-state index is 14.1. The van der Waals surface area contributed by atoms with Crippen molar-refractivity contribution in [2.75, 3.05) is 6.61 Å². The Bertz CT molecular complexity index is 1570. The SMILES string of the molecule is CCOc1cc(C=Nn2c([C@@H](C)CC)nc3ccc(Br)cc3c2=O)c(Br)c(Br)c1OCc1ccccc1F. The molecule has 0 bridgehead atoms. The van der Waals surface area contributed by atoms with Gasteiger partial charge in [-0.25, -0.2) is 9.37 Å². The first-order valence-corrected chi connectivity index (χ1v) is 14.4. The number of hydrogen-bond donors (Lipinski definition) is 0. The minimum Gasteiger partial charge on any atom is -0.490 e. The Morgan fingerprint density at radius 2 is 1.84 bits per heavy atom. The summed E-state index contributed by atoms with van der Waals surface area (Å²) in [5.41, 5.74) is 1.44. The van der Waals surface area contributed by atoms with Crippen molar-refractivity contribution in [2.45, 2.75) is 39.7 Å². The Labute approximate surface area is 245 Å². The molecule has 1 atom stereocenters. The molecule has 4 aromatic rings. The average molecular weight is 710 g/mol. The summed E-state index contributed by atoms with van der Waals surface area (Å²) in [6, 6.07) is 13.6. The Morgan fingerprint density at radius 3 is 2.55 bits per heavy atom. The quantitative estimate of drug-likeness (QED) is 0.165. The van der Waals surface area contributed by atoms with Crippen molar-refractivity contribution >= 4 is 64.9 Å². The molecule has 0 saturated carbocycles. The maximum atomic E-state index is 14.1. The van der Waals surface area contributed by atoms with E-state index in [0.717, 1.165) is 10.9 Å². The van der Waals surface area contributed by atoms with Crippen LogP contribution in [0.2, 0.25) is 0 Å². The molecule has 1 heterocycles. The summed E-state index contributed by atoms with van der Waals surface area (Å²) >= 11 is 10.6. The first-order valence-electron chi connectivity index (χ1n) is 12.0. The van der Waals surface area contributed by atoms with Crippen molar-refractivity contribution in [1.29, 1.82) is 0 Å². The molecule has 0 N–H and O–H groups in total. The van der Waals surface area contributed by atoms with Gasteiger partial charge < -0.3 is 9.47 Å². The fraction of sp³-hybridized carbons (Fsp3) is 0.250. The molecule has 1 aromatic heterocycles. The first kappa shape index (κ1) is 28.4. The van der Waals surface area contributed by atoms with E-state index in [0.29, 0.717) is 54.9 Å². The second-order valence-corrected chi connectivity index (χ2v) is 11.0. The summed E-state index contributed by atoms with van der Waals surface area (Å²) in [5.74, 6) is 1.12. The summed E-state index contributed by atoms with van der Waals surface area (Å²) < 4.78 is 29.3. The highest BCUT2D eigenvalue weighted by Gasteiger charge is 2.19. The summed E-state index contributed by atoms with van der Waals surface area (Å²) in [4.78, 5) is 18.2. The zero-order chi connectivity index (χ0) is 27.4. The van der Waals surface area contributed by atoms with Crippen LogP contribution in [0.1, 0.15) is 50.1 Å². The lowest BCUT2D eigenvalue weighted by atomic mass is 10.1. The highest BCUT2D eigenvalue weighted by molar-refractivity contribution is 9.13. The Morgan fingerprint density at radius 1 is 1.08 bits per heavy atom. The number of fused-ring (bicyclic) bond motifs is 1. The van der Waals surface area contributed by atoms with Gasteiger partial charge in [0.15, 0.2) is 11.5 Å². The molecule has 0 aliphatic carbocycles. The third-order valence-electron chi connectivity index (χ3n) is 5.98. The topological polar surface area (TPSA) is 65.7 Å². The molecule has 38 heavy (non-hydrogen) atoms. The fourth-order valence-electron chi connectivity index (χ4n) is 3.76. The molecule has 0 amide bonds. The van der Waals surface area contributed by atoms with Crippen LogP contribution in [0.4, 0.5) is 4.39 Å². The third kappa shape index (κ3) is 6.02. The second-order valence-electron chi connectivity index (χ2n) is 8.54. The van der Waals surface area contributed by atoms with Gasteiger partial charge in [0.1, 0.15) is 18.2 Å². The van der Waals surface area contributed by atoms with Crippen molar-refractivity contribution in [2.24, 2.45) is 5.10 Å². The van der Waals surface area contributed by atoms with E-state index in [-0.39, 0.29) is 23.9 Å². The van der Waals surface area contributed by atoms with Crippen LogP contribution in [0.25, 0.3) is 10.9 Å². The van der Waals surface area contributed by atoms with E-state index in [9.17, 15) is 9.18 Å². The minimum absolute atomic E-state index is 0.0104. The molecule has 0 spiro atoms. The van der Waals surface area contributed by atoms with Gasteiger partial charge in [0, 0.05) is 26.0 Å². The average Bonchev–Trinajstić information content (AvgIpc) is 2.91. The van der Waals surface area contributed by atoms with Gasteiger partial charge in [-0.1, -0.05) is 48.0 Å². The Hall–Kier alpha value is -2.56. The van der Waals surface area contributed by atoms with Crippen LogP contribution in [0.15, 0.2) is 71.8 Å². The van der Waals surface area contributed by atoms with Gasteiger partial charge in [-0.15, -0.1) is 0 Å². The van der Waals surface area contributed by atoms with Crippen LogP contribution in [0.3, 0.4) is 0 Å². The van der Waals surface area contributed by atoms with E-state index < -0.39 is 0 Å². The molecule has 0 radical (unpaired) electrons. The van der Waals surface area contributed by atoms with Gasteiger partial charge in [0.25, 0.3) is 5.56 Å². The summed E-state index contributed by atoms with van der Waals surface area (Å²) in [6.45, 7) is 6.33. The number of hydrogen-bond acceptors (Lipinski definition) is 5. The van der Waals surface area contributed by atoms with E-state index in [2.05, 4.69) is 52.9 Å². The fourth-order valence-corrected chi connectivity index (χ4v) is 5.06. The summed E-state index contributed by atoms with van der Waals surface area (Å²) in [6.07, 6.45) is 2.37. The zero-order valence-electron chi connectivity index (χ0n) is 21.0. The molecule has 0 aliphatic heterocycles. The first-order chi connectivity index (χ1) is 18.2. The van der Waals surface area contributed by atoms with Gasteiger partial charge in [-0.3, -0.25) is 4.79 Å². The van der Waals surface area contributed by atoms with E-state index in [1.165, 1.54) is 10.7 Å². The monoisotopic (exact) mass is 707 g/mol. The standard InChI is InChI=1S/C28H25Br3FN3O3/c1-4-16(3)27-34-22-11-10-19(29)13-20(22)28(36)35(27)33-14-18-12-23(37-5-2)26(25(31)24(18)30)38-15-17-8-6-7-9-21(17)32/h6-14,16H,4-5,15H2,1-3H3/t16-/m0/s1. The van der Waals surface area contributed by atoms with Crippen molar-refractivity contribution in [3.8, 4) is 11.5 Å². The van der Waals surface area contributed by atoms with Gasteiger partial charge >= 0.3 is 0 Å². The van der Waals surface area contributed by atoms with Crippen LogP contribution in [0.5, 0.6) is 11.5 Å². The molecule has 0 unspecified atom stereocenters. The zero-order valence-corrected chi connectivity index (χ0v) is 25.7. The third-order valence-corrected chi connectivity index (χ3v) is 8.62. The summed E-state index contributed by atoms with van der Waals surface area (Å²) in [5, 5.41) is 5.04. The van der Waals surface area contributed by atoms with Crippen LogP contribution in [-0.4, -0.2) is 22.5 Å². The molecule has 0 fully saturated rings. The van der Waals surface area contributed by atoms with Crippen LogP contribution >= 0.6 is 47.8 Å². The molecular weight excluding hydrogens is 685 g/mol. The second kappa shape index (κ2) is 12.5. The summed E-state index contributed by atoms with van der Waals surface area (Å²) in [7, 11) is 0. The molecule has 6 nitrogen and oxygen atoms in total. The lowest BCUT2D eigenvalue weighted by Gasteiger charge is -2.17. The van der Waals surface area contributed by atoms with Crippen molar-refractivity contribution in [1.82, 2.24) is 9.66 Å². The maximum Gasteiger partial charge on any atom is 0.282 e. The predicted molar refractivity (Wildman–Crippen MR) is 159 cm³/mol. The normalized spacial score (nSPS) is 12.3. The number of halogens is 4. The van der Waals surface area contributed by atoms with Crippen LogP contribution in [-0.2, 0) is 6.61 Å². The van der Waals surface area contributed by atoms with Gasteiger partial charge in [0.05, 0.1) is 28.2 Å². The number of aromatic nitrogens is 2.